The maximum Gasteiger partial charge on any atom is 0.239 e. The quantitative estimate of drug-likeness (QED) is 0.840. The fourth-order valence-corrected chi connectivity index (χ4v) is 3.90. The number of carbonyl (C=O) groups is 2. The van der Waals surface area contributed by atoms with Crippen LogP contribution in [0.2, 0.25) is 0 Å². The Labute approximate surface area is 150 Å². The number of nitrogens with zero attached hydrogens (tertiary/aromatic N) is 1. The number of anilines is 2. The van der Waals surface area contributed by atoms with E-state index in [0.29, 0.717) is 11.4 Å². The lowest BCUT2D eigenvalue weighted by Gasteiger charge is -2.25. The van der Waals surface area contributed by atoms with Gasteiger partial charge in [0.2, 0.25) is 11.8 Å². The first-order chi connectivity index (χ1) is 11.6. The second-order valence-corrected chi connectivity index (χ2v) is 6.91. The Morgan fingerprint density at radius 1 is 1.29 bits per heavy atom. The highest BCUT2D eigenvalue weighted by Gasteiger charge is 2.33. The van der Waals surface area contributed by atoms with Crippen molar-refractivity contribution in [3.8, 4) is 0 Å². The molecule has 1 saturated heterocycles. The van der Waals surface area contributed by atoms with E-state index < -0.39 is 0 Å². The molecule has 1 fully saturated rings. The molecule has 0 aliphatic carbocycles. The molecule has 0 bridgehead atoms. The van der Waals surface area contributed by atoms with Gasteiger partial charge >= 0.3 is 0 Å². The second-order valence-electron chi connectivity index (χ2n) is 5.57. The number of nitrogens with one attached hydrogen (secondary N) is 1. The number of hydrogen-bond acceptors (Lipinski definition) is 3. The summed E-state index contributed by atoms with van der Waals surface area (Å²) < 4.78 is 0. The fraction of sp³-hybridized carbons (Fsp3) is 0.222. The summed E-state index contributed by atoms with van der Waals surface area (Å²) in [5.74, 6) is 0.255. The second kappa shape index (κ2) is 7.28. The third-order valence-corrected chi connectivity index (χ3v) is 5.20. The van der Waals surface area contributed by atoms with E-state index in [1.165, 1.54) is 0 Å². The maximum atomic E-state index is 12.4. The molecule has 124 valence electrons. The van der Waals surface area contributed by atoms with E-state index in [1.807, 2.05) is 60.4 Å². The van der Waals surface area contributed by atoms with E-state index in [0.717, 1.165) is 16.8 Å². The van der Waals surface area contributed by atoms with Crippen LogP contribution in [0.15, 0.2) is 48.5 Å². The van der Waals surface area contributed by atoms with Gasteiger partial charge in [-0.2, -0.15) is 0 Å². The van der Waals surface area contributed by atoms with Crippen LogP contribution >= 0.6 is 23.4 Å². The lowest BCUT2D eigenvalue weighted by Crippen LogP contribution is -2.27. The molecule has 3 rings (SSSR count). The highest BCUT2D eigenvalue weighted by Crippen LogP contribution is 2.42. The Hall–Kier alpha value is -1.98. The number of halogens is 1. The number of carbonyl (C=O) groups excluding carboxylic acids is 2. The topological polar surface area (TPSA) is 49.4 Å². The molecule has 0 aromatic heterocycles. The summed E-state index contributed by atoms with van der Waals surface area (Å²) in [6.07, 6.45) is 0. The summed E-state index contributed by atoms with van der Waals surface area (Å²) in [6, 6.07) is 15.5. The van der Waals surface area contributed by atoms with Gasteiger partial charge in [0.05, 0.1) is 5.75 Å². The van der Waals surface area contributed by atoms with Gasteiger partial charge in [0.25, 0.3) is 0 Å². The number of benzene rings is 2. The van der Waals surface area contributed by atoms with E-state index in [9.17, 15) is 9.59 Å². The molecule has 6 heteroatoms. The molecule has 0 unspecified atom stereocenters. The predicted molar refractivity (Wildman–Crippen MR) is 99.7 cm³/mol. The van der Waals surface area contributed by atoms with E-state index in [1.54, 1.807) is 11.8 Å². The van der Waals surface area contributed by atoms with Crippen LogP contribution in [0, 0.1) is 6.92 Å². The largest absolute Gasteiger partial charge is 0.325 e. The fourth-order valence-electron chi connectivity index (χ4n) is 2.65. The lowest BCUT2D eigenvalue weighted by atomic mass is 10.1. The average Bonchev–Trinajstić information content (AvgIpc) is 2.97. The Morgan fingerprint density at radius 2 is 2.04 bits per heavy atom. The molecule has 1 aliphatic rings. The third-order valence-electron chi connectivity index (χ3n) is 3.75. The van der Waals surface area contributed by atoms with Crippen LogP contribution < -0.4 is 10.2 Å². The Kier molecular flexibility index (Phi) is 5.11. The van der Waals surface area contributed by atoms with E-state index in [4.69, 9.17) is 11.6 Å². The summed E-state index contributed by atoms with van der Waals surface area (Å²) in [4.78, 5) is 25.5. The monoisotopic (exact) mass is 360 g/mol. The van der Waals surface area contributed by atoms with Gasteiger partial charge in [0.15, 0.2) is 0 Å². The first-order valence-electron chi connectivity index (χ1n) is 7.54. The Morgan fingerprint density at radius 3 is 2.71 bits per heavy atom. The number of aryl methyl sites for hydroxylation is 1. The zero-order valence-electron chi connectivity index (χ0n) is 13.2. The molecule has 2 amide bonds. The highest BCUT2D eigenvalue weighted by molar-refractivity contribution is 8.00. The molecular weight excluding hydrogens is 344 g/mol. The van der Waals surface area contributed by atoms with E-state index >= 15 is 0 Å². The van der Waals surface area contributed by atoms with Crippen molar-refractivity contribution in [2.75, 3.05) is 21.8 Å². The minimum atomic E-state index is -0.240. The molecule has 1 N–H and O–H groups in total. The van der Waals surface area contributed by atoms with Crippen LogP contribution in [0.1, 0.15) is 16.5 Å². The van der Waals surface area contributed by atoms with Gasteiger partial charge in [-0.1, -0.05) is 24.3 Å². The predicted octanol–water partition coefficient (Wildman–Crippen LogP) is 3.95. The SMILES string of the molecule is Cc1cccc(N2C(=O)CS[C@H]2c2ccc(NC(=O)CCl)cc2)c1. The standard InChI is InChI=1S/C18H17ClN2O2S/c1-12-3-2-4-15(9-12)21-17(23)11-24-18(21)13-5-7-14(8-6-13)20-16(22)10-19/h2-9,18H,10-11H2,1H3,(H,20,22)/t18-/m0/s1. The summed E-state index contributed by atoms with van der Waals surface area (Å²) in [7, 11) is 0. The molecule has 4 nitrogen and oxygen atoms in total. The zero-order chi connectivity index (χ0) is 17.1. The van der Waals surface area contributed by atoms with Crippen molar-refractivity contribution in [3.63, 3.8) is 0 Å². The molecular formula is C18H17ClN2O2S. The molecule has 0 radical (unpaired) electrons. The first kappa shape index (κ1) is 16.9. The number of alkyl halides is 1. The number of amides is 2. The lowest BCUT2D eigenvalue weighted by molar-refractivity contribution is -0.116. The normalized spacial score (nSPS) is 17.2. The minimum Gasteiger partial charge on any atom is -0.325 e. The molecule has 24 heavy (non-hydrogen) atoms. The van der Waals surface area contributed by atoms with Crippen LogP contribution in [-0.2, 0) is 9.59 Å². The van der Waals surface area contributed by atoms with Crippen molar-refractivity contribution in [2.45, 2.75) is 12.3 Å². The summed E-state index contributed by atoms with van der Waals surface area (Å²) >= 11 is 7.10. The summed E-state index contributed by atoms with van der Waals surface area (Å²) in [5, 5.41) is 2.65. The van der Waals surface area contributed by atoms with Gasteiger partial charge < -0.3 is 5.32 Å². The average molecular weight is 361 g/mol. The molecule has 0 saturated carbocycles. The van der Waals surface area contributed by atoms with Gasteiger partial charge in [-0.3, -0.25) is 14.5 Å². The van der Waals surface area contributed by atoms with Gasteiger partial charge in [0.1, 0.15) is 11.3 Å². The van der Waals surface area contributed by atoms with Crippen LogP contribution in [-0.4, -0.2) is 23.4 Å². The molecule has 1 aliphatic heterocycles. The van der Waals surface area contributed by atoms with Crippen LogP contribution in [0.5, 0.6) is 0 Å². The molecule has 1 heterocycles. The van der Waals surface area contributed by atoms with Gasteiger partial charge in [-0.25, -0.2) is 0 Å². The van der Waals surface area contributed by atoms with Crippen LogP contribution in [0.4, 0.5) is 11.4 Å². The first-order valence-corrected chi connectivity index (χ1v) is 9.13. The van der Waals surface area contributed by atoms with E-state index in [-0.39, 0.29) is 23.1 Å². The Balaban J connectivity index is 1.85. The summed E-state index contributed by atoms with van der Waals surface area (Å²) in [5.41, 5.74) is 3.75. The summed E-state index contributed by atoms with van der Waals surface area (Å²) in [6.45, 7) is 2.01. The smallest absolute Gasteiger partial charge is 0.239 e. The van der Waals surface area contributed by atoms with Crippen LogP contribution in [0.3, 0.4) is 0 Å². The maximum absolute atomic E-state index is 12.4. The minimum absolute atomic E-state index is 0.0583. The van der Waals surface area contributed by atoms with Crippen molar-refractivity contribution < 1.29 is 9.59 Å². The number of hydrogen-bond donors (Lipinski definition) is 1. The van der Waals surface area contributed by atoms with Gasteiger partial charge in [-0.15, -0.1) is 23.4 Å². The van der Waals surface area contributed by atoms with Gasteiger partial charge in [-0.05, 0) is 42.3 Å². The Bertz CT molecular complexity index is 764. The van der Waals surface area contributed by atoms with Gasteiger partial charge in [0, 0.05) is 11.4 Å². The molecule has 2 aromatic carbocycles. The molecule has 2 aromatic rings. The van der Waals surface area contributed by atoms with Crippen molar-refractivity contribution in [3.05, 3.63) is 59.7 Å². The van der Waals surface area contributed by atoms with Crippen molar-refractivity contribution in [1.29, 1.82) is 0 Å². The molecule has 0 spiro atoms. The highest BCUT2D eigenvalue weighted by atomic mass is 35.5. The van der Waals surface area contributed by atoms with Crippen molar-refractivity contribution >= 4 is 46.6 Å². The van der Waals surface area contributed by atoms with E-state index in [2.05, 4.69) is 5.32 Å². The van der Waals surface area contributed by atoms with Crippen molar-refractivity contribution in [1.82, 2.24) is 0 Å². The number of rotatable bonds is 4. The third kappa shape index (κ3) is 3.57. The molecule has 1 atom stereocenters. The van der Waals surface area contributed by atoms with Crippen LogP contribution in [0.25, 0.3) is 0 Å². The van der Waals surface area contributed by atoms with Crippen molar-refractivity contribution in [2.24, 2.45) is 0 Å². The number of thioether (sulfide) groups is 1. The zero-order valence-corrected chi connectivity index (χ0v) is 14.7.